The first-order valence-corrected chi connectivity index (χ1v) is 12.6. The third-order valence-electron chi connectivity index (χ3n) is 5.28. The van der Waals surface area contributed by atoms with Gasteiger partial charge in [-0.05, 0) is 51.5 Å². The zero-order valence-corrected chi connectivity index (χ0v) is 21.7. The van der Waals surface area contributed by atoms with E-state index in [-0.39, 0.29) is 17.3 Å². The quantitative estimate of drug-likeness (QED) is 0.145. The summed E-state index contributed by atoms with van der Waals surface area (Å²) in [6.45, 7) is 8.75. The molecule has 1 heterocycles. The predicted octanol–water partition coefficient (Wildman–Crippen LogP) is 6.36. The van der Waals surface area contributed by atoms with Gasteiger partial charge in [0.05, 0.1) is 23.1 Å². The highest BCUT2D eigenvalue weighted by Crippen LogP contribution is 2.33. The third-order valence-corrected chi connectivity index (χ3v) is 6.30. The number of nitro benzene ring substituents is 1. The van der Waals surface area contributed by atoms with Crippen molar-refractivity contribution in [3.63, 3.8) is 0 Å². The summed E-state index contributed by atoms with van der Waals surface area (Å²) in [6.07, 6.45) is 3.23. The average molecular weight is 500 g/mol. The van der Waals surface area contributed by atoms with Crippen LogP contribution in [-0.2, 0) is 12.3 Å². The van der Waals surface area contributed by atoms with Crippen LogP contribution >= 0.6 is 11.8 Å². The molecule has 0 aliphatic carbocycles. The lowest BCUT2D eigenvalue weighted by atomic mass is 10.1. The van der Waals surface area contributed by atoms with Crippen LogP contribution < -0.4 is 15.4 Å². The Bertz CT molecular complexity index is 1200. The molecule has 2 aromatic carbocycles. The molecule has 35 heavy (non-hydrogen) atoms. The zero-order chi connectivity index (χ0) is 25.6. The Morgan fingerprint density at radius 2 is 1.97 bits per heavy atom. The molecule has 3 aromatic rings. The van der Waals surface area contributed by atoms with Crippen LogP contribution in [-0.4, -0.2) is 33.2 Å². The maximum atomic E-state index is 12.3. The van der Waals surface area contributed by atoms with Crippen molar-refractivity contribution in [1.82, 2.24) is 14.9 Å². The molecule has 188 valence electrons. The van der Waals surface area contributed by atoms with Gasteiger partial charge in [0, 0.05) is 41.2 Å². The highest BCUT2D eigenvalue weighted by molar-refractivity contribution is 7.98. The van der Waals surface area contributed by atoms with Gasteiger partial charge in [-0.3, -0.25) is 10.1 Å². The van der Waals surface area contributed by atoms with E-state index in [9.17, 15) is 14.9 Å². The van der Waals surface area contributed by atoms with E-state index in [1.165, 1.54) is 17.8 Å². The first-order chi connectivity index (χ1) is 16.6. The predicted molar refractivity (Wildman–Crippen MR) is 140 cm³/mol. The van der Waals surface area contributed by atoms with Crippen molar-refractivity contribution in [1.29, 1.82) is 0 Å². The Hall–Kier alpha value is -3.27. The van der Waals surface area contributed by atoms with Crippen LogP contribution in [0.15, 0.2) is 41.6 Å². The standard InChI is InChI=1S/C25H33N5O4S/c1-6-7-8-13-29-21-11-9-18(26-23(31)28-25(2,3)4)15-20(21)27-24(29)35-16-17-14-19(30(32)33)10-12-22(17)34-5/h9-12,14-15H,6-8,13,16H2,1-5H3,(H2,26,28,31). The van der Waals surface area contributed by atoms with Crippen molar-refractivity contribution in [2.24, 2.45) is 0 Å². The summed E-state index contributed by atoms with van der Waals surface area (Å²) >= 11 is 1.51. The number of hydrogen-bond acceptors (Lipinski definition) is 6. The second-order valence-electron chi connectivity index (χ2n) is 9.33. The minimum Gasteiger partial charge on any atom is -0.496 e. The first kappa shape index (κ1) is 26.3. The number of aromatic nitrogens is 2. The molecule has 0 aliphatic rings. The molecule has 2 N–H and O–H groups in total. The summed E-state index contributed by atoms with van der Waals surface area (Å²) in [5.74, 6) is 1.08. The Labute approximate surface area is 209 Å². The number of thioether (sulfide) groups is 1. The van der Waals surface area contributed by atoms with Crippen LogP contribution in [0.5, 0.6) is 5.75 Å². The molecular weight excluding hydrogens is 466 g/mol. The molecule has 9 nitrogen and oxygen atoms in total. The van der Waals surface area contributed by atoms with E-state index in [4.69, 9.17) is 9.72 Å². The number of rotatable bonds is 10. The number of methoxy groups -OCH3 is 1. The number of carbonyl (C=O) groups is 1. The summed E-state index contributed by atoms with van der Waals surface area (Å²) in [5, 5.41) is 17.8. The number of amides is 2. The molecule has 0 radical (unpaired) electrons. The fourth-order valence-corrected chi connectivity index (χ4v) is 4.69. The molecule has 0 aliphatic heterocycles. The van der Waals surface area contributed by atoms with Crippen LogP contribution in [0.4, 0.5) is 16.2 Å². The second-order valence-corrected chi connectivity index (χ2v) is 10.3. The number of urea groups is 1. The van der Waals surface area contributed by atoms with Gasteiger partial charge in [0.2, 0.25) is 0 Å². The summed E-state index contributed by atoms with van der Waals surface area (Å²) in [6, 6.07) is 10.1. The SMILES string of the molecule is CCCCCn1c(SCc2cc([N+](=O)[O-])ccc2OC)nc2cc(NC(=O)NC(C)(C)C)ccc21. The Kier molecular flexibility index (Phi) is 8.61. The van der Waals surface area contributed by atoms with Crippen LogP contribution in [0.25, 0.3) is 11.0 Å². The lowest BCUT2D eigenvalue weighted by Gasteiger charge is -2.20. The van der Waals surface area contributed by atoms with Gasteiger partial charge in [-0.2, -0.15) is 0 Å². The van der Waals surface area contributed by atoms with Crippen molar-refractivity contribution < 1.29 is 14.5 Å². The number of carbonyl (C=O) groups excluding carboxylic acids is 1. The van der Waals surface area contributed by atoms with E-state index in [0.717, 1.165) is 47.6 Å². The van der Waals surface area contributed by atoms with Crippen LogP contribution in [0.1, 0.15) is 52.5 Å². The number of imidazole rings is 1. The number of aryl methyl sites for hydroxylation is 1. The summed E-state index contributed by atoms with van der Waals surface area (Å²) in [4.78, 5) is 28.0. The van der Waals surface area contributed by atoms with E-state index in [1.807, 2.05) is 39.0 Å². The van der Waals surface area contributed by atoms with Gasteiger partial charge in [0.1, 0.15) is 5.75 Å². The number of fused-ring (bicyclic) bond motifs is 1. The largest absolute Gasteiger partial charge is 0.496 e. The van der Waals surface area contributed by atoms with Gasteiger partial charge in [-0.25, -0.2) is 9.78 Å². The number of ether oxygens (including phenoxy) is 1. The number of anilines is 1. The van der Waals surface area contributed by atoms with Crippen LogP contribution in [0.2, 0.25) is 0 Å². The Balaban J connectivity index is 1.88. The van der Waals surface area contributed by atoms with E-state index in [0.29, 0.717) is 17.2 Å². The van der Waals surface area contributed by atoms with Gasteiger partial charge < -0.3 is 19.9 Å². The number of nitro groups is 1. The van der Waals surface area contributed by atoms with Crippen molar-refractivity contribution >= 4 is 40.2 Å². The molecule has 2 amide bonds. The van der Waals surface area contributed by atoms with Crippen molar-refractivity contribution in [2.75, 3.05) is 12.4 Å². The number of benzene rings is 2. The molecule has 0 bridgehead atoms. The molecule has 0 unspecified atom stereocenters. The maximum absolute atomic E-state index is 12.3. The Morgan fingerprint density at radius 1 is 1.20 bits per heavy atom. The molecule has 0 spiro atoms. The van der Waals surface area contributed by atoms with Crippen LogP contribution in [0, 0.1) is 10.1 Å². The maximum Gasteiger partial charge on any atom is 0.319 e. The molecular formula is C25H33N5O4S. The molecule has 3 rings (SSSR count). The van der Waals surface area contributed by atoms with Gasteiger partial charge in [-0.15, -0.1) is 0 Å². The van der Waals surface area contributed by atoms with Crippen molar-refractivity contribution in [2.45, 2.75) is 70.0 Å². The van der Waals surface area contributed by atoms with E-state index < -0.39 is 4.92 Å². The van der Waals surface area contributed by atoms with Crippen molar-refractivity contribution in [3.05, 3.63) is 52.1 Å². The molecule has 1 aromatic heterocycles. The van der Waals surface area contributed by atoms with Gasteiger partial charge in [0.25, 0.3) is 5.69 Å². The normalized spacial score (nSPS) is 11.5. The molecule has 0 saturated carbocycles. The summed E-state index contributed by atoms with van der Waals surface area (Å²) in [7, 11) is 1.56. The zero-order valence-electron chi connectivity index (χ0n) is 20.9. The smallest absolute Gasteiger partial charge is 0.319 e. The number of nitrogens with zero attached hydrogens (tertiary/aromatic N) is 3. The number of unbranched alkanes of at least 4 members (excludes halogenated alkanes) is 2. The Morgan fingerprint density at radius 3 is 2.63 bits per heavy atom. The minimum atomic E-state index is -0.405. The average Bonchev–Trinajstić information content (AvgIpc) is 3.12. The van der Waals surface area contributed by atoms with E-state index in [2.05, 4.69) is 22.1 Å². The summed E-state index contributed by atoms with van der Waals surface area (Å²) < 4.78 is 7.59. The fourth-order valence-electron chi connectivity index (χ4n) is 3.67. The highest BCUT2D eigenvalue weighted by Gasteiger charge is 2.17. The summed E-state index contributed by atoms with van der Waals surface area (Å²) in [5.41, 5.74) is 2.85. The van der Waals surface area contributed by atoms with E-state index in [1.54, 1.807) is 19.2 Å². The number of hydrogen-bond donors (Lipinski definition) is 2. The van der Waals surface area contributed by atoms with Gasteiger partial charge >= 0.3 is 6.03 Å². The molecule has 0 saturated heterocycles. The first-order valence-electron chi connectivity index (χ1n) is 11.6. The number of non-ortho nitro benzene ring substituents is 1. The van der Waals surface area contributed by atoms with Gasteiger partial charge in [-0.1, -0.05) is 31.5 Å². The topological polar surface area (TPSA) is 111 Å². The third kappa shape index (κ3) is 7.11. The highest BCUT2D eigenvalue weighted by atomic mass is 32.2. The van der Waals surface area contributed by atoms with E-state index >= 15 is 0 Å². The molecule has 0 atom stereocenters. The second kappa shape index (κ2) is 11.4. The molecule has 10 heteroatoms. The van der Waals surface area contributed by atoms with Gasteiger partial charge in [0.15, 0.2) is 5.16 Å². The molecule has 0 fully saturated rings. The lowest BCUT2D eigenvalue weighted by molar-refractivity contribution is -0.384. The fraction of sp³-hybridized carbons (Fsp3) is 0.440. The van der Waals surface area contributed by atoms with Crippen molar-refractivity contribution in [3.8, 4) is 5.75 Å². The minimum absolute atomic E-state index is 0.0297. The number of nitrogens with one attached hydrogen (secondary N) is 2. The lowest BCUT2D eigenvalue weighted by Crippen LogP contribution is -2.43. The van der Waals surface area contributed by atoms with Crippen LogP contribution in [0.3, 0.4) is 0 Å². The monoisotopic (exact) mass is 499 g/mol.